The molecule has 29 heavy (non-hydrogen) atoms. The number of halogens is 2. The van der Waals surface area contributed by atoms with E-state index < -0.39 is 6.61 Å². The minimum Gasteiger partial charge on any atom is -0.507 e. The number of hydrogen-bond donors (Lipinski definition) is 2. The summed E-state index contributed by atoms with van der Waals surface area (Å²) >= 11 is 5.20. The van der Waals surface area contributed by atoms with Crippen LogP contribution in [0.2, 0.25) is 0 Å². The SMILES string of the molecule is CCCOc1ccc(/C=N/n2c(-c3ccc(OC(F)F)cc3)n[nH]c2=S)c(O)c1. The van der Waals surface area contributed by atoms with Crippen LogP contribution in [0.25, 0.3) is 11.4 Å². The Kier molecular flexibility index (Phi) is 6.55. The maximum absolute atomic E-state index is 12.3. The zero-order valence-corrected chi connectivity index (χ0v) is 16.2. The molecule has 1 heterocycles. The lowest BCUT2D eigenvalue weighted by atomic mass is 10.2. The Balaban J connectivity index is 1.84. The molecule has 2 aromatic carbocycles. The Morgan fingerprint density at radius 1 is 1.24 bits per heavy atom. The normalized spacial score (nSPS) is 11.3. The quantitative estimate of drug-likeness (QED) is 0.411. The molecular weight excluding hydrogens is 402 g/mol. The first-order valence-corrected chi connectivity index (χ1v) is 9.11. The molecule has 2 N–H and O–H groups in total. The van der Waals surface area contributed by atoms with Crippen molar-refractivity contribution in [3.05, 3.63) is 52.8 Å². The molecule has 3 aromatic rings. The first-order valence-electron chi connectivity index (χ1n) is 8.70. The molecule has 0 aliphatic rings. The van der Waals surface area contributed by atoms with E-state index >= 15 is 0 Å². The van der Waals surface area contributed by atoms with Crippen LogP contribution >= 0.6 is 12.2 Å². The van der Waals surface area contributed by atoms with E-state index in [0.717, 1.165) is 6.42 Å². The van der Waals surface area contributed by atoms with E-state index in [9.17, 15) is 13.9 Å². The number of alkyl halides is 2. The second-order valence-electron chi connectivity index (χ2n) is 5.88. The van der Waals surface area contributed by atoms with E-state index in [2.05, 4.69) is 20.0 Å². The van der Waals surface area contributed by atoms with Crippen LogP contribution in [-0.2, 0) is 0 Å². The molecule has 10 heteroatoms. The smallest absolute Gasteiger partial charge is 0.387 e. The number of nitrogens with zero attached hydrogens (tertiary/aromatic N) is 3. The van der Waals surface area contributed by atoms with Crippen molar-refractivity contribution in [2.24, 2.45) is 5.10 Å². The van der Waals surface area contributed by atoms with E-state index in [-0.39, 0.29) is 16.3 Å². The van der Waals surface area contributed by atoms with Crippen molar-refractivity contribution in [3.8, 4) is 28.6 Å². The van der Waals surface area contributed by atoms with Crippen LogP contribution in [0.15, 0.2) is 47.6 Å². The van der Waals surface area contributed by atoms with Gasteiger partial charge in [0.25, 0.3) is 0 Å². The van der Waals surface area contributed by atoms with Gasteiger partial charge >= 0.3 is 6.61 Å². The zero-order valence-electron chi connectivity index (χ0n) is 15.4. The van der Waals surface area contributed by atoms with Crippen molar-refractivity contribution in [3.63, 3.8) is 0 Å². The minimum atomic E-state index is -2.90. The fourth-order valence-corrected chi connectivity index (χ4v) is 2.61. The van der Waals surface area contributed by atoms with Crippen LogP contribution < -0.4 is 9.47 Å². The van der Waals surface area contributed by atoms with Crippen LogP contribution in [0.5, 0.6) is 17.2 Å². The number of phenolic OH excluding ortho intramolecular Hbond substituents is 1. The molecule has 152 valence electrons. The largest absolute Gasteiger partial charge is 0.507 e. The summed E-state index contributed by atoms with van der Waals surface area (Å²) in [6.45, 7) is -0.347. The van der Waals surface area contributed by atoms with Crippen molar-refractivity contribution >= 4 is 18.4 Å². The molecule has 0 unspecified atom stereocenters. The predicted molar refractivity (Wildman–Crippen MR) is 106 cm³/mol. The average molecular weight is 420 g/mol. The lowest BCUT2D eigenvalue weighted by molar-refractivity contribution is -0.0498. The van der Waals surface area contributed by atoms with Gasteiger partial charge in [-0.25, -0.2) is 5.10 Å². The summed E-state index contributed by atoms with van der Waals surface area (Å²) < 4.78 is 36.0. The van der Waals surface area contributed by atoms with Gasteiger partial charge in [-0.15, -0.1) is 0 Å². The third-order valence-electron chi connectivity index (χ3n) is 3.78. The number of H-pyrrole nitrogens is 1. The summed E-state index contributed by atoms with van der Waals surface area (Å²) in [6, 6.07) is 10.8. The van der Waals surface area contributed by atoms with Gasteiger partial charge in [0.1, 0.15) is 17.2 Å². The lowest BCUT2D eigenvalue weighted by Gasteiger charge is -2.07. The highest BCUT2D eigenvalue weighted by Crippen LogP contribution is 2.24. The second-order valence-corrected chi connectivity index (χ2v) is 6.27. The number of benzene rings is 2. The molecule has 3 rings (SSSR count). The molecule has 1 aromatic heterocycles. The van der Waals surface area contributed by atoms with Gasteiger partial charge in [0.15, 0.2) is 5.82 Å². The highest BCUT2D eigenvalue weighted by molar-refractivity contribution is 7.71. The van der Waals surface area contributed by atoms with Gasteiger partial charge in [-0.05, 0) is 55.0 Å². The number of aromatic nitrogens is 3. The van der Waals surface area contributed by atoms with Crippen molar-refractivity contribution in [2.45, 2.75) is 20.0 Å². The first-order chi connectivity index (χ1) is 14.0. The van der Waals surface area contributed by atoms with Crippen LogP contribution in [0.1, 0.15) is 18.9 Å². The number of aromatic amines is 1. The monoisotopic (exact) mass is 420 g/mol. The van der Waals surface area contributed by atoms with Crippen molar-refractivity contribution in [1.82, 2.24) is 14.9 Å². The van der Waals surface area contributed by atoms with Crippen LogP contribution in [0.3, 0.4) is 0 Å². The van der Waals surface area contributed by atoms with Crippen LogP contribution in [-0.4, -0.2) is 39.4 Å². The highest BCUT2D eigenvalue weighted by atomic mass is 32.1. The minimum absolute atomic E-state index is 0.00687. The molecule has 0 aliphatic carbocycles. The van der Waals surface area contributed by atoms with Gasteiger partial charge in [-0.3, -0.25) is 0 Å². The number of nitrogens with one attached hydrogen (secondary N) is 1. The third kappa shape index (κ3) is 5.17. The number of ether oxygens (including phenoxy) is 2. The van der Waals surface area contributed by atoms with Gasteiger partial charge in [0, 0.05) is 17.2 Å². The standard InChI is InChI=1S/C19H18F2N4O3S/c1-2-9-27-15-8-5-13(16(26)10-15)11-22-25-17(23-24-19(25)29)12-3-6-14(7-4-12)28-18(20)21/h3-8,10-11,18,26H,2,9H2,1H3,(H,24,29)/b22-11+. The van der Waals surface area contributed by atoms with E-state index in [1.807, 2.05) is 6.92 Å². The molecule has 0 amide bonds. The summed E-state index contributed by atoms with van der Waals surface area (Å²) in [4.78, 5) is 0. The molecular formula is C19H18F2N4O3S. The van der Waals surface area contributed by atoms with Gasteiger partial charge in [-0.2, -0.15) is 23.7 Å². The molecule has 0 saturated carbocycles. The number of phenols is 1. The van der Waals surface area contributed by atoms with Gasteiger partial charge in [-0.1, -0.05) is 6.92 Å². The van der Waals surface area contributed by atoms with E-state index in [1.54, 1.807) is 24.3 Å². The predicted octanol–water partition coefficient (Wildman–Crippen LogP) is 4.59. The van der Waals surface area contributed by atoms with Crippen molar-refractivity contribution in [1.29, 1.82) is 0 Å². The summed E-state index contributed by atoms with van der Waals surface area (Å²) in [5.74, 6) is 0.973. The molecule has 0 atom stereocenters. The van der Waals surface area contributed by atoms with Gasteiger partial charge < -0.3 is 14.6 Å². The Hall–Kier alpha value is -3.27. The lowest BCUT2D eigenvalue weighted by Crippen LogP contribution is -2.01. The molecule has 0 radical (unpaired) electrons. The Morgan fingerprint density at radius 3 is 2.62 bits per heavy atom. The molecule has 0 spiro atoms. The number of aromatic hydroxyl groups is 1. The first kappa shape index (κ1) is 20.5. The van der Waals surface area contributed by atoms with E-state index in [1.165, 1.54) is 29.1 Å². The second kappa shape index (κ2) is 9.28. The molecule has 0 saturated heterocycles. The summed E-state index contributed by atoms with van der Waals surface area (Å²) in [5, 5.41) is 21.2. The molecule has 0 aliphatic heterocycles. The van der Waals surface area contributed by atoms with E-state index in [0.29, 0.717) is 29.3 Å². The highest BCUT2D eigenvalue weighted by Gasteiger charge is 2.10. The Bertz CT molecular complexity index is 1050. The average Bonchev–Trinajstić information content (AvgIpc) is 3.06. The molecule has 7 nitrogen and oxygen atoms in total. The summed E-state index contributed by atoms with van der Waals surface area (Å²) in [6.07, 6.45) is 2.29. The Morgan fingerprint density at radius 2 is 1.97 bits per heavy atom. The zero-order chi connectivity index (χ0) is 20.8. The summed E-state index contributed by atoms with van der Waals surface area (Å²) in [5.41, 5.74) is 1.05. The van der Waals surface area contributed by atoms with Gasteiger partial charge in [0.2, 0.25) is 4.77 Å². The van der Waals surface area contributed by atoms with Crippen molar-refractivity contribution in [2.75, 3.05) is 6.61 Å². The van der Waals surface area contributed by atoms with E-state index in [4.69, 9.17) is 17.0 Å². The van der Waals surface area contributed by atoms with Gasteiger partial charge in [0.05, 0.1) is 12.8 Å². The maximum atomic E-state index is 12.3. The number of hydrogen-bond acceptors (Lipinski definition) is 6. The van der Waals surface area contributed by atoms with Crippen molar-refractivity contribution < 1.29 is 23.4 Å². The van der Waals surface area contributed by atoms with Crippen LogP contribution in [0.4, 0.5) is 8.78 Å². The fourth-order valence-electron chi connectivity index (χ4n) is 2.43. The summed E-state index contributed by atoms with van der Waals surface area (Å²) in [7, 11) is 0. The Labute approximate surface area is 170 Å². The maximum Gasteiger partial charge on any atom is 0.387 e. The van der Waals surface area contributed by atoms with Crippen LogP contribution in [0, 0.1) is 4.77 Å². The fraction of sp³-hybridized carbons (Fsp3) is 0.211. The topological polar surface area (TPSA) is 84.7 Å². The molecule has 0 bridgehead atoms. The third-order valence-corrected chi connectivity index (χ3v) is 4.04. The molecule has 0 fully saturated rings. The number of rotatable bonds is 8.